The van der Waals surface area contributed by atoms with Crippen LogP contribution in [0.4, 0.5) is 0 Å². The number of ketones is 1. The van der Waals surface area contributed by atoms with Gasteiger partial charge in [-0.3, -0.25) is 4.79 Å². The third-order valence-electron chi connectivity index (χ3n) is 6.54. The number of nitrogens with zero attached hydrogens (tertiary/aromatic N) is 3. The highest BCUT2D eigenvalue weighted by Crippen LogP contribution is 2.33. The molecule has 1 aliphatic rings. The highest BCUT2D eigenvalue weighted by molar-refractivity contribution is 6.36. The van der Waals surface area contributed by atoms with Gasteiger partial charge in [0, 0.05) is 41.7 Å². The highest BCUT2D eigenvalue weighted by Gasteiger charge is 2.23. The molecule has 0 N–H and O–H groups in total. The number of benzene rings is 1. The molecule has 4 nitrogen and oxygen atoms in total. The van der Waals surface area contributed by atoms with E-state index < -0.39 is 0 Å². The number of Topliss-reactive ketones (excluding diaryl/α,β-unsaturated/α-hetero) is 1. The van der Waals surface area contributed by atoms with Gasteiger partial charge in [-0.25, -0.2) is 9.97 Å². The van der Waals surface area contributed by atoms with Crippen LogP contribution in [0.5, 0.6) is 0 Å². The van der Waals surface area contributed by atoms with Crippen molar-refractivity contribution in [1.82, 2.24) is 14.5 Å². The third-order valence-corrected chi connectivity index (χ3v) is 7.25. The fourth-order valence-corrected chi connectivity index (χ4v) is 5.05. The number of hydrogen-bond donors (Lipinski definition) is 0. The number of imidazole rings is 1. The van der Waals surface area contributed by atoms with Gasteiger partial charge in [-0.15, -0.1) is 0 Å². The van der Waals surface area contributed by atoms with Crippen molar-refractivity contribution >= 4 is 40.1 Å². The molecule has 0 bridgehead atoms. The Morgan fingerprint density at radius 1 is 1.13 bits per heavy atom. The van der Waals surface area contributed by atoms with Crippen LogP contribution in [0.2, 0.25) is 10.0 Å². The van der Waals surface area contributed by atoms with Crippen molar-refractivity contribution in [2.45, 2.75) is 51.9 Å². The zero-order valence-corrected chi connectivity index (χ0v) is 19.0. The van der Waals surface area contributed by atoms with Crippen molar-refractivity contribution in [2.75, 3.05) is 0 Å². The molecule has 0 atom stereocenters. The summed E-state index contributed by atoms with van der Waals surface area (Å²) in [5.41, 5.74) is 2.99. The summed E-state index contributed by atoms with van der Waals surface area (Å²) in [7, 11) is 1.93. The molecule has 2 aromatic heterocycles. The first-order chi connectivity index (χ1) is 14.5. The molecule has 30 heavy (non-hydrogen) atoms. The minimum Gasteiger partial charge on any atom is -0.316 e. The van der Waals surface area contributed by atoms with Crippen LogP contribution in [-0.2, 0) is 13.5 Å². The molecule has 6 heteroatoms. The van der Waals surface area contributed by atoms with Crippen LogP contribution in [0.25, 0.3) is 11.2 Å². The lowest BCUT2D eigenvalue weighted by Crippen LogP contribution is -2.17. The molecule has 0 saturated heterocycles. The molecular formula is C24H27Cl2N3O. The Kier molecular flexibility index (Phi) is 6.45. The van der Waals surface area contributed by atoms with Gasteiger partial charge in [-0.05, 0) is 48.4 Å². The quantitative estimate of drug-likeness (QED) is 0.400. The number of hydrogen-bond acceptors (Lipinski definition) is 3. The summed E-state index contributed by atoms with van der Waals surface area (Å²) in [6, 6.07) is 7.36. The SMILES string of the molecule is CCC1CCC(CC(=O)c2cnc3c(c2)nc(Cc2c(Cl)cccc2Cl)n3C)CC1. The molecular weight excluding hydrogens is 417 g/mol. The van der Waals surface area contributed by atoms with Crippen LogP contribution in [-0.4, -0.2) is 20.3 Å². The molecule has 2 heterocycles. The zero-order chi connectivity index (χ0) is 21.3. The first kappa shape index (κ1) is 21.3. The van der Waals surface area contributed by atoms with E-state index in [-0.39, 0.29) is 5.78 Å². The highest BCUT2D eigenvalue weighted by atomic mass is 35.5. The lowest BCUT2D eigenvalue weighted by Gasteiger charge is -2.27. The predicted molar refractivity (Wildman–Crippen MR) is 122 cm³/mol. The summed E-state index contributed by atoms with van der Waals surface area (Å²) in [5, 5.41) is 1.24. The van der Waals surface area contributed by atoms with E-state index in [2.05, 4.69) is 11.9 Å². The van der Waals surface area contributed by atoms with Crippen molar-refractivity contribution in [2.24, 2.45) is 18.9 Å². The van der Waals surface area contributed by atoms with Gasteiger partial charge >= 0.3 is 0 Å². The van der Waals surface area contributed by atoms with E-state index >= 15 is 0 Å². The second-order valence-corrected chi connectivity index (χ2v) is 9.27. The summed E-state index contributed by atoms with van der Waals surface area (Å²) < 4.78 is 1.94. The van der Waals surface area contributed by atoms with E-state index in [0.29, 0.717) is 34.4 Å². The number of aryl methyl sites for hydroxylation is 1. The van der Waals surface area contributed by atoms with E-state index in [1.54, 1.807) is 6.20 Å². The van der Waals surface area contributed by atoms with Crippen LogP contribution in [0.15, 0.2) is 30.5 Å². The largest absolute Gasteiger partial charge is 0.316 e. The van der Waals surface area contributed by atoms with Gasteiger partial charge in [0.05, 0.1) is 0 Å². The Labute approximate surface area is 187 Å². The smallest absolute Gasteiger partial charge is 0.164 e. The van der Waals surface area contributed by atoms with Crippen LogP contribution >= 0.6 is 23.2 Å². The fraction of sp³-hybridized carbons (Fsp3) is 0.458. The normalized spacial score (nSPS) is 19.3. The molecule has 3 aromatic rings. The molecule has 158 valence electrons. The van der Waals surface area contributed by atoms with Crippen LogP contribution in [0.3, 0.4) is 0 Å². The number of carbonyl (C=O) groups excluding carboxylic acids is 1. The molecule has 0 unspecified atom stereocenters. The van der Waals surface area contributed by atoms with Crippen molar-refractivity contribution in [3.63, 3.8) is 0 Å². The number of rotatable bonds is 6. The Morgan fingerprint density at radius 2 is 1.80 bits per heavy atom. The average molecular weight is 444 g/mol. The Morgan fingerprint density at radius 3 is 2.47 bits per heavy atom. The molecule has 0 amide bonds. The van der Waals surface area contributed by atoms with E-state index in [0.717, 1.165) is 41.3 Å². The van der Waals surface area contributed by atoms with Crippen molar-refractivity contribution in [1.29, 1.82) is 0 Å². The molecule has 0 radical (unpaired) electrons. The lowest BCUT2D eigenvalue weighted by molar-refractivity contribution is 0.0942. The fourth-order valence-electron chi connectivity index (χ4n) is 4.52. The summed E-state index contributed by atoms with van der Waals surface area (Å²) in [6.07, 6.45) is 8.88. The molecule has 1 aromatic carbocycles. The topological polar surface area (TPSA) is 47.8 Å². The first-order valence-electron chi connectivity index (χ1n) is 10.7. The monoisotopic (exact) mass is 443 g/mol. The summed E-state index contributed by atoms with van der Waals surface area (Å²) in [6.45, 7) is 2.26. The second kappa shape index (κ2) is 9.07. The van der Waals surface area contributed by atoms with Gasteiger partial charge in [0.2, 0.25) is 0 Å². The maximum atomic E-state index is 12.9. The van der Waals surface area contributed by atoms with Gasteiger partial charge in [0.25, 0.3) is 0 Å². The molecule has 1 saturated carbocycles. The number of fused-ring (bicyclic) bond motifs is 1. The van der Waals surface area contributed by atoms with Crippen LogP contribution in [0, 0.1) is 11.8 Å². The van der Waals surface area contributed by atoms with Gasteiger partial charge in [-0.1, -0.05) is 55.5 Å². The summed E-state index contributed by atoms with van der Waals surface area (Å²) in [5.74, 6) is 2.33. The van der Waals surface area contributed by atoms with Gasteiger partial charge in [0.1, 0.15) is 11.3 Å². The van der Waals surface area contributed by atoms with E-state index in [9.17, 15) is 4.79 Å². The Bertz CT molecular complexity index is 1050. The van der Waals surface area contributed by atoms with Crippen molar-refractivity contribution in [3.8, 4) is 0 Å². The van der Waals surface area contributed by atoms with Gasteiger partial charge < -0.3 is 4.57 Å². The molecule has 0 spiro atoms. The maximum Gasteiger partial charge on any atom is 0.164 e. The van der Waals surface area contributed by atoms with Crippen molar-refractivity contribution < 1.29 is 4.79 Å². The van der Waals surface area contributed by atoms with Crippen LogP contribution < -0.4 is 0 Å². The van der Waals surface area contributed by atoms with Gasteiger partial charge in [0.15, 0.2) is 11.4 Å². The number of pyridine rings is 1. The molecule has 1 aliphatic carbocycles. The minimum atomic E-state index is 0.172. The Hall–Kier alpha value is -1.91. The zero-order valence-electron chi connectivity index (χ0n) is 17.5. The average Bonchev–Trinajstić information content (AvgIpc) is 3.06. The summed E-state index contributed by atoms with van der Waals surface area (Å²) in [4.78, 5) is 22.1. The third kappa shape index (κ3) is 4.40. The number of halogens is 2. The number of aromatic nitrogens is 3. The maximum absolute atomic E-state index is 12.9. The summed E-state index contributed by atoms with van der Waals surface area (Å²) >= 11 is 12.7. The molecule has 0 aliphatic heterocycles. The first-order valence-corrected chi connectivity index (χ1v) is 11.5. The predicted octanol–water partition coefficient (Wildman–Crippen LogP) is 6.66. The second-order valence-electron chi connectivity index (χ2n) is 8.45. The Balaban J connectivity index is 1.52. The van der Waals surface area contributed by atoms with E-state index in [1.807, 2.05) is 35.9 Å². The van der Waals surface area contributed by atoms with Crippen LogP contribution in [0.1, 0.15) is 67.2 Å². The number of carbonyl (C=O) groups is 1. The lowest BCUT2D eigenvalue weighted by atomic mass is 9.78. The van der Waals surface area contributed by atoms with E-state index in [4.69, 9.17) is 28.2 Å². The van der Waals surface area contributed by atoms with Crippen molar-refractivity contribution in [3.05, 3.63) is 57.5 Å². The van der Waals surface area contributed by atoms with E-state index in [1.165, 1.54) is 19.3 Å². The molecule has 1 fully saturated rings. The van der Waals surface area contributed by atoms with Gasteiger partial charge in [-0.2, -0.15) is 0 Å². The molecule has 4 rings (SSSR count). The standard InChI is InChI=1S/C24H27Cl2N3O/c1-3-15-7-9-16(10-8-15)11-22(30)17-12-21-24(27-14-17)29(2)23(28-21)13-18-19(25)5-4-6-20(18)26/h4-6,12,14-16H,3,7-11,13H2,1-2H3. The minimum absolute atomic E-state index is 0.172.